The van der Waals surface area contributed by atoms with Crippen LogP contribution in [-0.4, -0.2) is 25.8 Å². The van der Waals surface area contributed by atoms with Gasteiger partial charge in [-0.25, -0.2) is 0 Å². The van der Waals surface area contributed by atoms with E-state index in [0.717, 1.165) is 19.7 Å². The van der Waals surface area contributed by atoms with Gasteiger partial charge in [0.1, 0.15) is 0 Å². The highest BCUT2D eigenvalue weighted by molar-refractivity contribution is 5.20. The molecule has 2 rings (SSSR count). The average molecular weight is 275 g/mol. The molecule has 0 spiro atoms. The Labute approximate surface area is 123 Å². The van der Waals surface area contributed by atoms with Crippen molar-refractivity contribution in [1.82, 2.24) is 5.32 Å². The van der Waals surface area contributed by atoms with Crippen LogP contribution in [0, 0.1) is 11.8 Å². The van der Waals surface area contributed by atoms with E-state index >= 15 is 0 Å². The third kappa shape index (κ3) is 4.32. The van der Waals surface area contributed by atoms with Crippen LogP contribution in [0.3, 0.4) is 0 Å². The highest BCUT2D eigenvalue weighted by Crippen LogP contribution is 2.31. The molecular weight excluding hydrogens is 246 g/mol. The molecule has 0 radical (unpaired) electrons. The lowest BCUT2D eigenvalue weighted by Gasteiger charge is -2.36. The van der Waals surface area contributed by atoms with E-state index in [1.54, 1.807) is 0 Å². The molecule has 1 heterocycles. The first-order chi connectivity index (χ1) is 9.68. The van der Waals surface area contributed by atoms with Crippen LogP contribution in [-0.2, 0) is 4.74 Å². The average Bonchev–Trinajstić information content (AvgIpc) is 2.47. The number of hydrogen-bond donors (Lipinski definition) is 1. The number of hydrogen-bond acceptors (Lipinski definition) is 2. The van der Waals surface area contributed by atoms with Crippen molar-refractivity contribution in [2.24, 2.45) is 11.8 Å². The van der Waals surface area contributed by atoms with Crippen molar-refractivity contribution in [3.05, 3.63) is 35.9 Å². The summed E-state index contributed by atoms with van der Waals surface area (Å²) < 4.78 is 6.12. The molecule has 3 atom stereocenters. The van der Waals surface area contributed by atoms with Crippen LogP contribution < -0.4 is 5.32 Å². The van der Waals surface area contributed by atoms with Crippen LogP contribution in [0.5, 0.6) is 0 Å². The second-order valence-corrected chi connectivity index (χ2v) is 6.49. The molecule has 0 aliphatic carbocycles. The fourth-order valence-corrected chi connectivity index (χ4v) is 3.14. The molecule has 1 fully saturated rings. The molecule has 0 saturated carbocycles. The molecule has 3 unspecified atom stereocenters. The third-order valence-electron chi connectivity index (χ3n) is 4.27. The molecule has 1 aliphatic rings. The quantitative estimate of drug-likeness (QED) is 0.852. The summed E-state index contributed by atoms with van der Waals surface area (Å²) >= 11 is 0. The maximum atomic E-state index is 6.12. The predicted molar refractivity (Wildman–Crippen MR) is 85.0 cm³/mol. The Bertz CT molecular complexity index is 376. The van der Waals surface area contributed by atoms with Gasteiger partial charge in [-0.2, -0.15) is 0 Å². The van der Waals surface area contributed by atoms with Crippen molar-refractivity contribution in [2.75, 3.05) is 19.7 Å². The number of benzene rings is 1. The van der Waals surface area contributed by atoms with E-state index in [1.807, 2.05) is 0 Å². The van der Waals surface area contributed by atoms with Crippen molar-refractivity contribution in [1.29, 1.82) is 0 Å². The zero-order valence-corrected chi connectivity index (χ0v) is 13.1. The summed E-state index contributed by atoms with van der Waals surface area (Å²) in [5, 5.41) is 3.61. The molecule has 1 aliphatic heterocycles. The van der Waals surface area contributed by atoms with Crippen molar-refractivity contribution >= 4 is 0 Å². The Morgan fingerprint density at radius 2 is 1.95 bits per heavy atom. The molecule has 0 bridgehead atoms. The minimum absolute atomic E-state index is 0.353. The van der Waals surface area contributed by atoms with Crippen LogP contribution in [0.25, 0.3) is 0 Å². The summed E-state index contributed by atoms with van der Waals surface area (Å²) in [5.41, 5.74) is 1.40. The number of rotatable bonds is 6. The first kappa shape index (κ1) is 15.5. The number of ether oxygens (including phenoxy) is 1. The van der Waals surface area contributed by atoms with Crippen LogP contribution in [0.2, 0.25) is 0 Å². The molecule has 1 aromatic rings. The smallest absolute Gasteiger partial charge is 0.0681 e. The fourth-order valence-electron chi connectivity index (χ4n) is 3.14. The van der Waals surface area contributed by atoms with Crippen LogP contribution in [0.15, 0.2) is 30.3 Å². The van der Waals surface area contributed by atoms with Gasteiger partial charge in [-0.15, -0.1) is 0 Å². The van der Waals surface area contributed by atoms with Gasteiger partial charge in [0.05, 0.1) is 6.10 Å². The summed E-state index contributed by atoms with van der Waals surface area (Å²) in [4.78, 5) is 0. The largest absolute Gasteiger partial charge is 0.377 e. The zero-order chi connectivity index (χ0) is 14.4. The summed E-state index contributed by atoms with van der Waals surface area (Å²) in [6.07, 6.45) is 2.84. The first-order valence-electron chi connectivity index (χ1n) is 8.05. The Morgan fingerprint density at radius 3 is 2.65 bits per heavy atom. The van der Waals surface area contributed by atoms with E-state index < -0.39 is 0 Å². The molecular formula is C18H29NO. The normalized spacial score (nSPS) is 24.8. The minimum atomic E-state index is 0.353. The summed E-state index contributed by atoms with van der Waals surface area (Å²) in [6, 6.07) is 10.8. The molecule has 1 saturated heterocycles. The van der Waals surface area contributed by atoms with E-state index in [-0.39, 0.29) is 0 Å². The van der Waals surface area contributed by atoms with E-state index in [9.17, 15) is 0 Å². The van der Waals surface area contributed by atoms with E-state index in [0.29, 0.717) is 23.9 Å². The van der Waals surface area contributed by atoms with Crippen molar-refractivity contribution < 1.29 is 4.74 Å². The molecule has 1 aromatic carbocycles. The Morgan fingerprint density at radius 1 is 1.20 bits per heavy atom. The SMILES string of the molecule is CC(C)CNCC1CCCOC1C(C)c1ccccc1. The summed E-state index contributed by atoms with van der Waals surface area (Å²) in [5.74, 6) is 1.82. The van der Waals surface area contributed by atoms with Crippen molar-refractivity contribution in [3.63, 3.8) is 0 Å². The van der Waals surface area contributed by atoms with Crippen LogP contribution in [0.1, 0.15) is 45.1 Å². The van der Waals surface area contributed by atoms with Gasteiger partial charge in [-0.05, 0) is 36.8 Å². The predicted octanol–water partition coefficient (Wildman–Crippen LogP) is 3.83. The monoisotopic (exact) mass is 275 g/mol. The Balaban J connectivity index is 1.95. The maximum absolute atomic E-state index is 6.12. The molecule has 2 heteroatoms. The third-order valence-corrected chi connectivity index (χ3v) is 4.27. The van der Waals surface area contributed by atoms with Gasteiger partial charge in [-0.3, -0.25) is 0 Å². The van der Waals surface area contributed by atoms with Gasteiger partial charge in [0.25, 0.3) is 0 Å². The van der Waals surface area contributed by atoms with Crippen molar-refractivity contribution in [2.45, 2.75) is 45.6 Å². The summed E-state index contributed by atoms with van der Waals surface area (Å²) in [6.45, 7) is 9.93. The standard InChI is InChI=1S/C18H29NO/c1-14(2)12-19-13-17-10-7-11-20-18(17)15(3)16-8-5-4-6-9-16/h4-6,8-9,14-15,17-19H,7,10-13H2,1-3H3. The summed E-state index contributed by atoms with van der Waals surface area (Å²) in [7, 11) is 0. The van der Waals surface area contributed by atoms with Crippen molar-refractivity contribution in [3.8, 4) is 0 Å². The van der Waals surface area contributed by atoms with Crippen LogP contribution >= 0.6 is 0 Å². The lowest BCUT2D eigenvalue weighted by atomic mass is 9.83. The lowest BCUT2D eigenvalue weighted by molar-refractivity contribution is -0.0385. The van der Waals surface area contributed by atoms with Gasteiger partial charge in [0, 0.05) is 19.1 Å². The van der Waals surface area contributed by atoms with Gasteiger partial charge in [-0.1, -0.05) is 51.1 Å². The first-order valence-corrected chi connectivity index (χ1v) is 8.05. The van der Waals surface area contributed by atoms with Gasteiger partial charge in [0.15, 0.2) is 0 Å². The molecule has 1 N–H and O–H groups in total. The van der Waals surface area contributed by atoms with E-state index in [1.165, 1.54) is 18.4 Å². The van der Waals surface area contributed by atoms with Gasteiger partial charge >= 0.3 is 0 Å². The Hall–Kier alpha value is -0.860. The number of nitrogens with one attached hydrogen (secondary N) is 1. The second kappa shape index (κ2) is 7.80. The molecule has 0 aromatic heterocycles. The van der Waals surface area contributed by atoms with E-state index in [2.05, 4.69) is 56.4 Å². The molecule has 112 valence electrons. The fraction of sp³-hybridized carbons (Fsp3) is 0.667. The Kier molecular flexibility index (Phi) is 6.06. The maximum Gasteiger partial charge on any atom is 0.0681 e. The minimum Gasteiger partial charge on any atom is -0.377 e. The molecule has 2 nitrogen and oxygen atoms in total. The topological polar surface area (TPSA) is 21.3 Å². The second-order valence-electron chi connectivity index (χ2n) is 6.49. The molecule has 0 amide bonds. The van der Waals surface area contributed by atoms with E-state index in [4.69, 9.17) is 4.74 Å². The molecule has 20 heavy (non-hydrogen) atoms. The van der Waals surface area contributed by atoms with Gasteiger partial charge < -0.3 is 10.1 Å². The highest BCUT2D eigenvalue weighted by Gasteiger charge is 2.30. The zero-order valence-electron chi connectivity index (χ0n) is 13.1. The lowest BCUT2D eigenvalue weighted by Crippen LogP contribution is -2.40. The van der Waals surface area contributed by atoms with Crippen LogP contribution in [0.4, 0.5) is 0 Å². The highest BCUT2D eigenvalue weighted by atomic mass is 16.5. The van der Waals surface area contributed by atoms with Gasteiger partial charge in [0.2, 0.25) is 0 Å².